The van der Waals surface area contributed by atoms with Crippen molar-refractivity contribution in [2.75, 3.05) is 0 Å². The third-order valence-corrected chi connectivity index (χ3v) is 3.71. The molecule has 3 aromatic rings. The van der Waals surface area contributed by atoms with E-state index in [2.05, 4.69) is 18.2 Å². The Morgan fingerprint density at radius 1 is 0.783 bits per heavy atom. The van der Waals surface area contributed by atoms with Crippen molar-refractivity contribution in [3.63, 3.8) is 0 Å². The average molecular weight is 299 g/mol. The molecule has 2 nitrogen and oxygen atoms in total. The molecule has 2 heteroatoms. The van der Waals surface area contributed by atoms with E-state index in [-0.39, 0.29) is 0 Å². The van der Waals surface area contributed by atoms with E-state index in [1.165, 1.54) is 0 Å². The van der Waals surface area contributed by atoms with Gasteiger partial charge in [-0.05, 0) is 22.8 Å². The van der Waals surface area contributed by atoms with Crippen LogP contribution in [0, 0.1) is 11.3 Å². The molecule has 0 fully saturated rings. The third kappa shape index (κ3) is 3.59. The topological polar surface area (TPSA) is 33.0 Å². The van der Waals surface area contributed by atoms with E-state index in [1.807, 2.05) is 66.7 Å². The number of nitrogens with zero attached hydrogens (tertiary/aromatic N) is 1. The second kappa shape index (κ2) is 7.29. The molecular formula is C21H17NO. The molecule has 0 aliphatic rings. The molecule has 0 aliphatic carbocycles. The van der Waals surface area contributed by atoms with Crippen LogP contribution < -0.4 is 4.74 Å². The second-order valence-electron chi connectivity index (χ2n) is 5.26. The zero-order valence-electron chi connectivity index (χ0n) is 12.8. The molecule has 3 rings (SSSR count). The molecule has 23 heavy (non-hydrogen) atoms. The maximum atomic E-state index is 9.20. The van der Waals surface area contributed by atoms with Crippen LogP contribution in [0.3, 0.4) is 0 Å². The number of nitriles is 1. The molecule has 0 amide bonds. The molecule has 0 bridgehead atoms. The maximum absolute atomic E-state index is 9.20. The zero-order valence-corrected chi connectivity index (χ0v) is 12.8. The van der Waals surface area contributed by atoms with Crippen LogP contribution in [-0.4, -0.2) is 0 Å². The summed E-state index contributed by atoms with van der Waals surface area (Å²) in [4.78, 5) is 0. The minimum absolute atomic E-state index is 0.329. The van der Waals surface area contributed by atoms with Gasteiger partial charge in [-0.15, -0.1) is 0 Å². The fraction of sp³-hybridized carbons (Fsp3) is 0.0952. The van der Waals surface area contributed by atoms with Crippen LogP contribution in [-0.2, 0) is 13.0 Å². The summed E-state index contributed by atoms with van der Waals surface area (Å²) in [5.41, 5.74) is 4.21. The largest absolute Gasteiger partial charge is 0.489 e. The van der Waals surface area contributed by atoms with E-state index in [4.69, 9.17) is 4.74 Å². The summed E-state index contributed by atoms with van der Waals surface area (Å²) in [5, 5.41) is 9.20. The Balaban J connectivity index is 1.92. The lowest BCUT2D eigenvalue weighted by molar-refractivity contribution is 0.304. The molecule has 0 aliphatic heterocycles. The van der Waals surface area contributed by atoms with Crippen LogP contribution >= 0.6 is 0 Å². The number of hydrogen-bond acceptors (Lipinski definition) is 2. The van der Waals surface area contributed by atoms with E-state index < -0.39 is 0 Å². The molecule has 0 unspecified atom stereocenters. The van der Waals surface area contributed by atoms with Crippen molar-refractivity contribution in [3.8, 4) is 22.9 Å². The molecule has 3 aromatic carbocycles. The first-order valence-corrected chi connectivity index (χ1v) is 7.59. The molecule has 0 spiro atoms. The van der Waals surface area contributed by atoms with Gasteiger partial charge in [0.15, 0.2) is 0 Å². The highest BCUT2D eigenvalue weighted by atomic mass is 16.5. The lowest BCUT2D eigenvalue weighted by Crippen LogP contribution is -2.00. The van der Waals surface area contributed by atoms with E-state index in [1.54, 1.807) is 0 Å². The van der Waals surface area contributed by atoms with Gasteiger partial charge in [0.1, 0.15) is 12.4 Å². The van der Waals surface area contributed by atoms with Gasteiger partial charge in [-0.2, -0.15) is 5.26 Å². The van der Waals surface area contributed by atoms with Gasteiger partial charge >= 0.3 is 0 Å². The Kier molecular flexibility index (Phi) is 4.71. The molecule has 0 radical (unpaired) electrons. The van der Waals surface area contributed by atoms with Crippen LogP contribution in [0.1, 0.15) is 11.1 Å². The van der Waals surface area contributed by atoms with Crippen molar-refractivity contribution in [1.82, 2.24) is 0 Å². The predicted octanol–water partition coefficient (Wildman–Crippen LogP) is 5.00. The van der Waals surface area contributed by atoms with Gasteiger partial charge < -0.3 is 4.74 Å². The Bertz CT molecular complexity index is 804. The van der Waals surface area contributed by atoms with Crippen LogP contribution in [0.4, 0.5) is 0 Å². The Labute approximate surface area is 136 Å². The van der Waals surface area contributed by atoms with Crippen LogP contribution in [0.2, 0.25) is 0 Å². The normalized spacial score (nSPS) is 10.0. The first-order valence-electron chi connectivity index (χ1n) is 7.59. The van der Waals surface area contributed by atoms with Crippen molar-refractivity contribution >= 4 is 0 Å². The monoisotopic (exact) mass is 299 g/mol. The molecule has 112 valence electrons. The highest BCUT2D eigenvalue weighted by molar-refractivity contribution is 5.70. The molecule has 0 atom stereocenters. The van der Waals surface area contributed by atoms with E-state index in [0.717, 1.165) is 28.0 Å². The molecule has 0 heterocycles. The van der Waals surface area contributed by atoms with Crippen molar-refractivity contribution in [2.24, 2.45) is 0 Å². The summed E-state index contributed by atoms with van der Waals surface area (Å²) in [5.74, 6) is 0.775. The lowest BCUT2D eigenvalue weighted by atomic mass is 9.97. The number of rotatable bonds is 5. The van der Waals surface area contributed by atoms with E-state index >= 15 is 0 Å². The summed E-state index contributed by atoms with van der Waals surface area (Å²) >= 11 is 0. The first-order chi connectivity index (χ1) is 11.4. The minimum Gasteiger partial charge on any atom is -0.489 e. The van der Waals surface area contributed by atoms with E-state index in [0.29, 0.717) is 13.0 Å². The summed E-state index contributed by atoms with van der Waals surface area (Å²) in [6, 6.07) is 28.3. The Morgan fingerprint density at radius 3 is 2.17 bits per heavy atom. The van der Waals surface area contributed by atoms with Gasteiger partial charge in [0, 0.05) is 5.56 Å². The van der Waals surface area contributed by atoms with Gasteiger partial charge in [0.2, 0.25) is 0 Å². The third-order valence-electron chi connectivity index (χ3n) is 3.71. The summed E-state index contributed by atoms with van der Waals surface area (Å²) < 4.78 is 5.99. The van der Waals surface area contributed by atoms with Gasteiger partial charge in [-0.3, -0.25) is 0 Å². The quantitative estimate of drug-likeness (QED) is 0.664. The Hall–Kier alpha value is -3.05. The van der Waals surface area contributed by atoms with Gasteiger partial charge in [-0.1, -0.05) is 72.8 Å². The molecule has 0 aromatic heterocycles. The smallest absolute Gasteiger partial charge is 0.124 e. The maximum Gasteiger partial charge on any atom is 0.124 e. The summed E-state index contributed by atoms with van der Waals surface area (Å²) in [6.07, 6.45) is 0.329. The van der Waals surface area contributed by atoms with Gasteiger partial charge in [0.25, 0.3) is 0 Å². The van der Waals surface area contributed by atoms with Crippen LogP contribution in [0.15, 0.2) is 78.9 Å². The zero-order chi connectivity index (χ0) is 15.9. The predicted molar refractivity (Wildman–Crippen MR) is 92.0 cm³/mol. The standard InChI is InChI=1S/C21H17NO/c22-15-14-20-19(18-10-5-2-6-11-18)12-7-13-21(20)23-16-17-8-3-1-4-9-17/h1-13H,14,16H2. The van der Waals surface area contributed by atoms with Crippen molar-refractivity contribution in [3.05, 3.63) is 90.0 Å². The van der Waals surface area contributed by atoms with Crippen LogP contribution in [0.25, 0.3) is 11.1 Å². The van der Waals surface area contributed by atoms with Gasteiger partial charge in [0.05, 0.1) is 12.5 Å². The lowest BCUT2D eigenvalue weighted by Gasteiger charge is -2.14. The van der Waals surface area contributed by atoms with Crippen molar-refractivity contribution < 1.29 is 4.74 Å². The number of ether oxygens (including phenoxy) is 1. The van der Waals surface area contributed by atoms with Gasteiger partial charge in [-0.25, -0.2) is 0 Å². The van der Waals surface area contributed by atoms with Crippen molar-refractivity contribution in [1.29, 1.82) is 5.26 Å². The highest BCUT2D eigenvalue weighted by Gasteiger charge is 2.11. The summed E-state index contributed by atoms with van der Waals surface area (Å²) in [6.45, 7) is 0.498. The SMILES string of the molecule is N#CCc1c(OCc2ccccc2)cccc1-c1ccccc1. The van der Waals surface area contributed by atoms with E-state index in [9.17, 15) is 5.26 Å². The molecule has 0 saturated heterocycles. The summed E-state index contributed by atoms with van der Waals surface area (Å²) in [7, 11) is 0. The number of hydrogen-bond donors (Lipinski definition) is 0. The molecule has 0 saturated carbocycles. The molecule has 0 N–H and O–H groups in total. The fourth-order valence-corrected chi connectivity index (χ4v) is 2.59. The average Bonchev–Trinajstić information content (AvgIpc) is 2.62. The fourth-order valence-electron chi connectivity index (χ4n) is 2.59. The highest BCUT2D eigenvalue weighted by Crippen LogP contribution is 2.31. The first kappa shape index (κ1) is 14.9. The van der Waals surface area contributed by atoms with Crippen molar-refractivity contribution in [2.45, 2.75) is 13.0 Å². The number of benzene rings is 3. The Morgan fingerprint density at radius 2 is 1.48 bits per heavy atom. The second-order valence-corrected chi connectivity index (χ2v) is 5.26. The minimum atomic E-state index is 0.329. The van der Waals surface area contributed by atoms with Crippen LogP contribution in [0.5, 0.6) is 5.75 Å². The molecular weight excluding hydrogens is 282 g/mol.